The van der Waals surface area contributed by atoms with Crippen LogP contribution in [0.3, 0.4) is 0 Å². The van der Waals surface area contributed by atoms with E-state index in [-0.39, 0.29) is 5.41 Å². The molecule has 0 aliphatic heterocycles. The van der Waals surface area contributed by atoms with E-state index in [9.17, 15) is 0 Å². The second kappa shape index (κ2) is 5.72. The fraction of sp³-hybridized carbons (Fsp3) is 1.00. The van der Waals surface area contributed by atoms with Gasteiger partial charge in [0.25, 0.3) is 0 Å². The summed E-state index contributed by atoms with van der Waals surface area (Å²) in [7, 11) is 0. The van der Waals surface area contributed by atoms with Crippen molar-refractivity contribution in [2.24, 2.45) is 5.41 Å². The minimum atomic E-state index is 0.271. The van der Waals surface area contributed by atoms with Crippen molar-refractivity contribution in [3.63, 3.8) is 0 Å². The summed E-state index contributed by atoms with van der Waals surface area (Å²) in [4.78, 5) is 0. The predicted octanol–water partition coefficient (Wildman–Crippen LogP) is 3.01. The number of ether oxygens (including phenoxy) is 2. The minimum absolute atomic E-state index is 0.271. The van der Waals surface area contributed by atoms with Crippen LogP contribution in [0.2, 0.25) is 0 Å². The maximum absolute atomic E-state index is 5.69. The molecule has 2 heteroatoms. The van der Waals surface area contributed by atoms with Gasteiger partial charge in [0.1, 0.15) is 0 Å². The molecule has 0 saturated heterocycles. The van der Waals surface area contributed by atoms with Crippen molar-refractivity contribution in [3.8, 4) is 0 Å². The van der Waals surface area contributed by atoms with E-state index >= 15 is 0 Å². The molecule has 0 spiro atoms. The van der Waals surface area contributed by atoms with Crippen LogP contribution in [0.1, 0.15) is 46.5 Å². The lowest BCUT2D eigenvalue weighted by molar-refractivity contribution is -0.00866. The van der Waals surface area contributed by atoms with Crippen molar-refractivity contribution in [1.29, 1.82) is 0 Å². The van der Waals surface area contributed by atoms with Gasteiger partial charge in [0.05, 0.1) is 25.9 Å². The Labute approximate surface area is 88.0 Å². The van der Waals surface area contributed by atoms with Crippen LogP contribution in [-0.4, -0.2) is 25.9 Å². The van der Waals surface area contributed by atoms with Crippen molar-refractivity contribution < 1.29 is 9.47 Å². The van der Waals surface area contributed by atoms with Crippen LogP contribution < -0.4 is 0 Å². The van der Waals surface area contributed by atoms with Gasteiger partial charge in [0.2, 0.25) is 0 Å². The zero-order valence-electron chi connectivity index (χ0n) is 9.84. The van der Waals surface area contributed by atoms with Crippen molar-refractivity contribution in [3.05, 3.63) is 0 Å². The van der Waals surface area contributed by atoms with Crippen LogP contribution in [0, 0.1) is 5.41 Å². The molecule has 1 rings (SSSR count). The Morgan fingerprint density at radius 2 is 1.71 bits per heavy atom. The average molecular weight is 200 g/mol. The Kier molecular flexibility index (Phi) is 4.90. The molecule has 0 aromatic carbocycles. The van der Waals surface area contributed by atoms with E-state index in [4.69, 9.17) is 9.47 Å². The van der Waals surface area contributed by atoms with Gasteiger partial charge in [-0.25, -0.2) is 0 Å². The zero-order chi connectivity index (χ0) is 10.4. The SMILES string of the molecule is CC(C)(C)COCCOC1CCCC1. The Hall–Kier alpha value is -0.0800. The second-order valence-electron chi connectivity index (χ2n) is 5.39. The molecule has 0 radical (unpaired) electrons. The Morgan fingerprint density at radius 3 is 2.29 bits per heavy atom. The van der Waals surface area contributed by atoms with Gasteiger partial charge in [-0.2, -0.15) is 0 Å². The summed E-state index contributed by atoms with van der Waals surface area (Å²) < 4.78 is 11.2. The van der Waals surface area contributed by atoms with Gasteiger partial charge in [-0.1, -0.05) is 33.6 Å². The maximum Gasteiger partial charge on any atom is 0.0704 e. The van der Waals surface area contributed by atoms with Crippen molar-refractivity contribution in [1.82, 2.24) is 0 Å². The lowest BCUT2D eigenvalue weighted by atomic mass is 9.99. The van der Waals surface area contributed by atoms with Gasteiger partial charge >= 0.3 is 0 Å². The van der Waals surface area contributed by atoms with Gasteiger partial charge in [0.15, 0.2) is 0 Å². The van der Waals surface area contributed by atoms with Gasteiger partial charge in [-0.3, -0.25) is 0 Å². The zero-order valence-corrected chi connectivity index (χ0v) is 9.84. The molecular weight excluding hydrogens is 176 g/mol. The molecule has 0 heterocycles. The van der Waals surface area contributed by atoms with Crippen LogP contribution in [0.25, 0.3) is 0 Å². The summed E-state index contributed by atoms with van der Waals surface area (Å²) >= 11 is 0. The van der Waals surface area contributed by atoms with Crippen molar-refractivity contribution in [2.75, 3.05) is 19.8 Å². The van der Waals surface area contributed by atoms with Gasteiger partial charge in [-0.05, 0) is 18.3 Å². The highest BCUT2D eigenvalue weighted by Crippen LogP contribution is 2.20. The lowest BCUT2D eigenvalue weighted by Crippen LogP contribution is -2.18. The standard InChI is InChI=1S/C12H24O2/c1-12(2,3)10-13-8-9-14-11-6-4-5-7-11/h11H,4-10H2,1-3H3. The molecule has 84 valence electrons. The minimum Gasteiger partial charge on any atom is -0.379 e. The fourth-order valence-electron chi connectivity index (χ4n) is 1.71. The first-order chi connectivity index (χ1) is 6.58. The van der Waals surface area contributed by atoms with E-state index in [2.05, 4.69) is 20.8 Å². The van der Waals surface area contributed by atoms with Gasteiger partial charge < -0.3 is 9.47 Å². The lowest BCUT2D eigenvalue weighted by Gasteiger charge is -2.18. The smallest absolute Gasteiger partial charge is 0.0704 e. The largest absolute Gasteiger partial charge is 0.379 e. The molecule has 0 amide bonds. The van der Waals surface area contributed by atoms with Crippen LogP contribution in [0.4, 0.5) is 0 Å². The average Bonchev–Trinajstić information content (AvgIpc) is 2.54. The highest BCUT2D eigenvalue weighted by atomic mass is 16.5. The third kappa shape index (κ3) is 5.61. The molecule has 0 aromatic heterocycles. The summed E-state index contributed by atoms with van der Waals surface area (Å²) in [5.74, 6) is 0. The molecule has 0 N–H and O–H groups in total. The highest BCUT2D eigenvalue weighted by molar-refractivity contribution is 4.66. The normalized spacial score (nSPS) is 19.1. The molecule has 1 saturated carbocycles. The van der Waals surface area contributed by atoms with Gasteiger partial charge in [0, 0.05) is 0 Å². The first-order valence-electron chi connectivity index (χ1n) is 5.77. The van der Waals surface area contributed by atoms with Gasteiger partial charge in [-0.15, -0.1) is 0 Å². The first-order valence-corrected chi connectivity index (χ1v) is 5.77. The Bertz CT molecular complexity index is 143. The summed E-state index contributed by atoms with van der Waals surface area (Å²) in [5.41, 5.74) is 0.271. The maximum atomic E-state index is 5.69. The number of rotatable bonds is 5. The first kappa shape index (κ1) is 12.0. The highest BCUT2D eigenvalue weighted by Gasteiger charge is 2.15. The van der Waals surface area contributed by atoms with Crippen molar-refractivity contribution in [2.45, 2.75) is 52.6 Å². The van der Waals surface area contributed by atoms with Crippen LogP contribution in [0.5, 0.6) is 0 Å². The van der Waals surface area contributed by atoms with Crippen molar-refractivity contribution >= 4 is 0 Å². The fourth-order valence-corrected chi connectivity index (χ4v) is 1.71. The van der Waals surface area contributed by atoms with E-state index in [1.807, 2.05) is 0 Å². The topological polar surface area (TPSA) is 18.5 Å². The predicted molar refractivity (Wildman–Crippen MR) is 58.5 cm³/mol. The third-order valence-corrected chi connectivity index (χ3v) is 2.42. The van der Waals surface area contributed by atoms with Crippen LogP contribution in [0.15, 0.2) is 0 Å². The second-order valence-corrected chi connectivity index (χ2v) is 5.39. The van der Waals surface area contributed by atoms with Crippen LogP contribution >= 0.6 is 0 Å². The Balaban J connectivity index is 1.89. The molecule has 0 unspecified atom stereocenters. The molecule has 0 bridgehead atoms. The molecular formula is C12H24O2. The monoisotopic (exact) mass is 200 g/mol. The quantitative estimate of drug-likeness (QED) is 0.635. The summed E-state index contributed by atoms with van der Waals surface area (Å²) in [6, 6.07) is 0. The molecule has 14 heavy (non-hydrogen) atoms. The van der Waals surface area contributed by atoms with E-state index in [0.717, 1.165) is 19.8 Å². The summed E-state index contributed by atoms with van der Waals surface area (Å²) in [6.07, 6.45) is 5.70. The molecule has 1 aliphatic carbocycles. The van der Waals surface area contributed by atoms with E-state index in [1.54, 1.807) is 0 Å². The molecule has 0 atom stereocenters. The number of hydrogen-bond donors (Lipinski definition) is 0. The van der Waals surface area contributed by atoms with E-state index in [1.165, 1.54) is 25.7 Å². The van der Waals surface area contributed by atoms with Crippen LogP contribution in [-0.2, 0) is 9.47 Å². The Morgan fingerprint density at radius 1 is 1.07 bits per heavy atom. The third-order valence-electron chi connectivity index (χ3n) is 2.42. The van der Waals surface area contributed by atoms with E-state index < -0.39 is 0 Å². The molecule has 1 aliphatic rings. The van der Waals surface area contributed by atoms with E-state index in [0.29, 0.717) is 6.10 Å². The summed E-state index contributed by atoms with van der Waals surface area (Å²) in [5, 5.41) is 0. The summed E-state index contributed by atoms with van der Waals surface area (Å²) in [6.45, 7) is 8.88. The number of hydrogen-bond acceptors (Lipinski definition) is 2. The molecule has 1 fully saturated rings. The molecule has 2 nitrogen and oxygen atoms in total. The molecule has 0 aromatic rings.